The topological polar surface area (TPSA) is 150 Å². The van der Waals surface area contributed by atoms with Crippen molar-refractivity contribution in [2.75, 3.05) is 34.0 Å². The molecule has 0 bridgehead atoms. The van der Waals surface area contributed by atoms with E-state index in [1.54, 1.807) is 0 Å². The zero-order chi connectivity index (χ0) is 24.2. The van der Waals surface area contributed by atoms with Gasteiger partial charge in [-0.3, -0.25) is 14.9 Å². The summed E-state index contributed by atoms with van der Waals surface area (Å²) in [5, 5.41) is 22.8. The number of ether oxygens (including phenoxy) is 4. The minimum atomic E-state index is -0.815. The van der Waals surface area contributed by atoms with Crippen LogP contribution in [0.3, 0.4) is 0 Å². The Morgan fingerprint density at radius 3 is 2.58 bits per heavy atom. The number of carbonyl (C=O) groups is 2. The van der Waals surface area contributed by atoms with Crippen LogP contribution in [0.2, 0.25) is 0 Å². The van der Waals surface area contributed by atoms with Gasteiger partial charge in [0, 0.05) is 19.7 Å². The van der Waals surface area contributed by atoms with Crippen molar-refractivity contribution in [3.8, 4) is 23.3 Å². The van der Waals surface area contributed by atoms with E-state index in [9.17, 15) is 25.0 Å². The monoisotopic (exact) mass is 455 g/mol. The molecule has 2 rings (SSSR count). The third kappa shape index (κ3) is 7.34. The van der Waals surface area contributed by atoms with Gasteiger partial charge in [-0.2, -0.15) is 5.26 Å². The molecule has 0 aliphatic carbocycles. The molecule has 33 heavy (non-hydrogen) atoms. The normalized spacial score (nSPS) is 10.6. The SMILES string of the molecule is COCCNC(=O)/C(C#N)=C/c1ccc(OC(=O)COc2ccccc2[N+](=O)[O-])c(OC)c1. The molecular formula is C22H21N3O8. The first-order valence-corrected chi connectivity index (χ1v) is 9.53. The van der Waals surface area contributed by atoms with Gasteiger partial charge >= 0.3 is 11.7 Å². The Balaban J connectivity index is 2.08. The highest BCUT2D eigenvalue weighted by Crippen LogP contribution is 2.30. The summed E-state index contributed by atoms with van der Waals surface area (Å²) in [7, 11) is 2.85. The lowest BCUT2D eigenvalue weighted by atomic mass is 10.1. The molecule has 0 aliphatic heterocycles. The molecule has 0 heterocycles. The van der Waals surface area contributed by atoms with Crippen molar-refractivity contribution in [2.45, 2.75) is 0 Å². The quantitative estimate of drug-likeness (QED) is 0.102. The van der Waals surface area contributed by atoms with Crippen LogP contribution in [0.1, 0.15) is 5.56 Å². The lowest BCUT2D eigenvalue weighted by Gasteiger charge is -2.11. The van der Waals surface area contributed by atoms with Crippen molar-refractivity contribution in [2.24, 2.45) is 0 Å². The van der Waals surface area contributed by atoms with Crippen molar-refractivity contribution in [1.29, 1.82) is 5.26 Å². The minimum Gasteiger partial charge on any atom is -0.493 e. The van der Waals surface area contributed by atoms with Crippen LogP contribution in [0.15, 0.2) is 48.0 Å². The number of hydrogen-bond donors (Lipinski definition) is 1. The van der Waals surface area contributed by atoms with Crippen molar-refractivity contribution >= 4 is 23.6 Å². The molecule has 0 aliphatic rings. The summed E-state index contributed by atoms with van der Waals surface area (Å²) >= 11 is 0. The van der Waals surface area contributed by atoms with Gasteiger partial charge in [0.2, 0.25) is 0 Å². The number of rotatable bonds is 11. The Labute approximate surface area is 189 Å². The zero-order valence-electron chi connectivity index (χ0n) is 17.9. The van der Waals surface area contributed by atoms with Crippen molar-refractivity contribution in [3.63, 3.8) is 0 Å². The van der Waals surface area contributed by atoms with Gasteiger partial charge in [0.1, 0.15) is 11.6 Å². The molecule has 0 saturated carbocycles. The van der Waals surface area contributed by atoms with Crippen LogP contribution in [0.25, 0.3) is 6.08 Å². The Bertz CT molecular complexity index is 1090. The molecule has 0 radical (unpaired) electrons. The molecule has 0 spiro atoms. The number of para-hydroxylation sites is 2. The van der Waals surface area contributed by atoms with Crippen LogP contribution in [0.5, 0.6) is 17.2 Å². The first-order valence-electron chi connectivity index (χ1n) is 9.53. The van der Waals surface area contributed by atoms with Gasteiger partial charge in [-0.15, -0.1) is 0 Å². The summed E-state index contributed by atoms with van der Waals surface area (Å²) in [5.74, 6) is -1.21. The van der Waals surface area contributed by atoms with Gasteiger partial charge in [0.05, 0.1) is 18.6 Å². The maximum Gasteiger partial charge on any atom is 0.349 e. The second-order valence-electron chi connectivity index (χ2n) is 6.32. The lowest BCUT2D eigenvalue weighted by Crippen LogP contribution is -2.27. The molecule has 0 unspecified atom stereocenters. The largest absolute Gasteiger partial charge is 0.493 e. The third-order valence-corrected chi connectivity index (χ3v) is 4.09. The molecule has 11 heteroatoms. The number of nitrogens with one attached hydrogen (secondary N) is 1. The minimum absolute atomic E-state index is 0.0638. The number of nitriles is 1. The molecule has 0 aromatic heterocycles. The van der Waals surface area contributed by atoms with E-state index in [0.717, 1.165) is 0 Å². The van der Waals surface area contributed by atoms with E-state index in [-0.39, 0.29) is 35.1 Å². The van der Waals surface area contributed by atoms with E-state index in [1.165, 1.54) is 62.8 Å². The van der Waals surface area contributed by atoms with Crippen LogP contribution < -0.4 is 19.5 Å². The van der Waals surface area contributed by atoms with Crippen LogP contribution >= 0.6 is 0 Å². The second kappa shape index (κ2) is 12.4. The summed E-state index contributed by atoms with van der Waals surface area (Å²) in [6, 6.07) is 11.9. The Hall–Kier alpha value is -4.43. The highest BCUT2D eigenvalue weighted by molar-refractivity contribution is 6.01. The number of nitro benzene ring substituents is 1. The highest BCUT2D eigenvalue weighted by atomic mass is 16.6. The number of nitrogens with zero attached hydrogens (tertiary/aromatic N) is 2. The smallest absolute Gasteiger partial charge is 0.349 e. The zero-order valence-corrected chi connectivity index (χ0v) is 17.9. The van der Waals surface area contributed by atoms with E-state index in [4.69, 9.17) is 18.9 Å². The fourth-order valence-electron chi connectivity index (χ4n) is 2.55. The van der Waals surface area contributed by atoms with Crippen LogP contribution in [-0.2, 0) is 14.3 Å². The van der Waals surface area contributed by atoms with Crippen LogP contribution in [0.4, 0.5) is 5.69 Å². The summed E-state index contributed by atoms with van der Waals surface area (Å²) in [4.78, 5) is 34.6. The Morgan fingerprint density at radius 2 is 1.91 bits per heavy atom. The van der Waals surface area contributed by atoms with E-state index >= 15 is 0 Å². The molecule has 11 nitrogen and oxygen atoms in total. The van der Waals surface area contributed by atoms with Gasteiger partial charge in [0.15, 0.2) is 23.9 Å². The van der Waals surface area contributed by atoms with Gasteiger partial charge in [-0.25, -0.2) is 4.79 Å². The predicted octanol–water partition coefficient (Wildman–Crippen LogP) is 2.26. The van der Waals surface area contributed by atoms with E-state index in [0.29, 0.717) is 12.2 Å². The van der Waals surface area contributed by atoms with Crippen molar-refractivity contribution in [1.82, 2.24) is 5.32 Å². The molecular weight excluding hydrogens is 434 g/mol. The number of carbonyl (C=O) groups excluding carboxylic acids is 2. The highest BCUT2D eigenvalue weighted by Gasteiger charge is 2.17. The fourth-order valence-corrected chi connectivity index (χ4v) is 2.55. The summed E-state index contributed by atoms with van der Waals surface area (Å²) < 4.78 is 20.5. The number of amides is 1. The molecule has 2 aromatic carbocycles. The second-order valence-corrected chi connectivity index (χ2v) is 6.32. The average molecular weight is 455 g/mol. The summed E-state index contributed by atoms with van der Waals surface area (Å²) in [6.07, 6.45) is 1.36. The van der Waals surface area contributed by atoms with E-state index in [2.05, 4.69) is 5.32 Å². The summed E-state index contributed by atoms with van der Waals surface area (Å²) in [5.41, 5.74) is 0.0515. The molecule has 2 aromatic rings. The molecule has 0 atom stereocenters. The van der Waals surface area contributed by atoms with E-state index in [1.807, 2.05) is 6.07 Å². The molecule has 0 fully saturated rings. The number of nitro groups is 1. The third-order valence-electron chi connectivity index (χ3n) is 4.09. The molecule has 1 N–H and O–H groups in total. The van der Waals surface area contributed by atoms with Gasteiger partial charge in [-0.1, -0.05) is 18.2 Å². The predicted molar refractivity (Wildman–Crippen MR) is 116 cm³/mol. The van der Waals surface area contributed by atoms with E-state index < -0.39 is 23.4 Å². The van der Waals surface area contributed by atoms with Gasteiger partial charge in [0.25, 0.3) is 5.91 Å². The number of methoxy groups -OCH3 is 2. The lowest BCUT2D eigenvalue weighted by molar-refractivity contribution is -0.385. The Kier molecular flexibility index (Phi) is 9.36. The average Bonchev–Trinajstić information content (AvgIpc) is 2.82. The summed E-state index contributed by atoms with van der Waals surface area (Å²) in [6.45, 7) is -0.0175. The first-order chi connectivity index (χ1) is 15.9. The molecule has 1 amide bonds. The maximum atomic E-state index is 12.2. The standard InChI is InChI=1S/C22H21N3O8/c1-30-10-9-24-22(27)16(13-23)11-15-7-8-19(20(12-15)31-2)33-21(26)14-32-18-6-4-3-5-17(18)25(28)29/h3-8,11-12H,9-10,14H2,1-2H3,(H,24,27)/b16-11+. The number of esters is 1. The fraction of sp³-hybridized carbons (Fsp3) is 0.227. The first kappa shape index (κ1) is 24.8. The number of hydrogen-bond acceptors (Lipinski definition) is 9. The molecule has 0 saturated heterocycles. The van der Waals surface area contributed by atoms with Gasteiger partial charge in [-0.05, 0) is 29.8 Å². The van der Waals surface area contributed by atoms with Crippen LogP contribution in [-0.4, -0.2) is 50.8 Å². The Morgan fingerprint density at radius 1 is 1.15 bits per heavy atom. The van der Waals surface area contributed by atoms with Crippen molar-refractivity contribution < 1.29 is 33.5 Å². The van der Waals surface area contributed by atoms with Gasteiger partial charge < -0.3 is 24.3 Å². The van der Waals surface area contributed by atoms with Crippen LogP contribution in [0, 0.1) is 21.4 Å². The maximum absolute atomic E-state index is 12.2. The number of benzene rings is 2. The van der Waals surface area contributed by atoms with Crippen molar-refractivity contribution in [3.05, 3.63) is 63.7 Å². The molecule has 172 valence electrons.